The average molecular weight is 198 g/mol. The van der Waals surface area contributed by atoms with Crippen LogP contribution < -0.4 is 0 Å². The van der Waals surface area contributed by atoms with Crippen molar-refractivity contribution in [1.29, 1.82) is 0 Å². The van der Waals surface area contributed by atoms with E-state index in [4.69, 9.17) is 5.11 Å². The van der Waals surface area contributed by atoms with E-state index in [2.05, 4.69) is 5.10 Å². The second-order valence-electron chi connectivity index (χ2n) is 4.19. The van der Waals surface area contributed by atoms with Crippen molar-refractivity contribution in [1.82, 2.24) is 9.78 Å². The van der Waals surface area contributed by atoms with Crippen molar-refractivity contribution in [3.8, 4) is 0 Å². The highest BCUT2D eigenvalue weighted by atomic mass is 16.4. The van der Waals surface area contributed by atoms with Crippen molar-refractivity contribution < 1.29 is 9.90 Å². The second-order valence-corrected chi connectivity index (χ2v) is 4.19. The summed E-state index contributed by atoms with van der Waals surface area (Å²) in [6.07, 6.45) is 1.93. The number of nitrogens with zero attached hydrogens (tertiary/aromatic N) is 2. The smallest absolute Gasteiger partial charge is 0.308 e. The van der Waals surface area contributed by atoms with Gasteiger partial charge in [-0.05, 0) is 33.8 Å². The topological polar surface area (TPSA) is 55.1 Å². The van der Waals surface area contributed by atoms with Gasteiger partial charge in [0.05, 0.1) is 11.1 Å². The van der Waals surface area contributed by atoms with Crippen LogP contribution in [0.3, 0.4) is 0 Å². The summed E-state index contributed by atoms with van der Waals surface area (Å²) in [5.41, 5.74) is 0.488. The van der Waals surface area contributed by atoms with Crippen molar-refractivity contribution in [3.63, 3.8) is 0 Å². The molecule has 0 spiro atoms. The molecule has 0 radical (unpaired) electrons. The van der Waals surface area contributed by atoms with Gasteiger partial charge >= 0.3 is 5.97 Å². The Balaban J connectivity index is 0.000000241. The molecule has 0 saturated carbocycles. The van der Waals surface area contributed by atoms with Crippen LogP contribution in [0.2, 0.25) is 0 Å². The minimum Gasteiger partial charge on any atom is -0.481 e. The van der Waals surface area contributed by atoms with Crippen LogP contribution in [0.5, 0.6) is 0 Å². The molecule has 0 fully saturated rings. The Bertz CT molecular complexity index is 281. The van der Waals surface area contributed by atoms with E-state index in [-0.39, 0.29) is 0 Å². The molecule has 0 aliphatic heterocycles. The molecular weight excluding hydrogens is 180 g/mol. The van der Waals surface area contributed by atoms with Crippen LogP contribution in [0, 0.1) is 12.3 Å². The van der Waals surface area contributed by atoms with Crippen molar-refractivity contribution in [2.24, 2.45) is 12.5 Å². The molecule has 0 unspecified atom stereocenters. The SMILES string of the molecule is CC(C)(C)C(=O)O.Cc1ccn(C)n1. The zero-order valence-electron chi connectivity index (χ0n) is 9.40. The van der Waals surface area contributed by atoms with Crippen LogP contribution in [-0.2, 0) is 11.8 Å². The van der Waals surface area contributed by atoms with Crippen LogP contribution in [0.15, 0.2) is 12.3 Å². The van der Waals surface area contributed by atoms with E-state index in [1.165, 1.54) is 0 Å². The average Bonchev–Trinajstić information content (AvgIpc) is 2.33. The fraction of sp³-hybridized carbons (Fsp3) is 0.600. The number of aryl methyl sites for hydroxylation is 2. The zero-order valence-corrected chi connectivity index (χ0v) is 9.40. The summed E-state index contributed by atoms with van der Waals surface area (Å²) in [5.74, 6) is -0.757. The quantitative estimate of drug-likeness (QED) is 0.692. The maximum absolute atomic E-state index is 10.0. The number of hydrogen-bond acceptors (Lipinski definition) is 2. The van der Waals surface area contributed by atoms with Crippen LogP contribution in [0.25, 0.3) is 0 Å². The summed E-state index contributed by atoms with van der Waals surface area (Å²) >= 11 is 0. The summed E-state index contributed by atoms with van der Waals surface area (Å²) in [7, 11) is 1.91. The Kier molecular flexibility index (Phi) is 4.34. The van der Waals surface area contributed by atoms with Gasteiger partial charge in [0.2, 0.25) is 0 Å². The number of carboxylic acids is 1. The molecule has 0 aliphatic carbocycles. The molecule has 0 amide bonds. The van der Waals surface area contributed by atoms with Crippen molar-refractivity contribution in [3.05, 3.63) is 18.0 Å². The first-order valence-corrected chi connectivity index (χ1v) is 4.43. The van der Waals surface area contributed by atoms with E-state index < -0.39 is 11.4 Å². The number of aromatic nitrogens is 2. The van der Waals surface area contributed by atoms with Crippen LogP contribution in [0.1, 0.15) is 26.5 Å². The molecule has 80 valence electrons. The molecule has 4 heteroatoms. The Labute approximate surface area is 84.6 Å². The number of aliphatic carboxylic acids is 1. The first-order valence-electron chi connectivity index (χ1n) is 4.43. The minimum atomic E-state index is -0.757. The van der Waals surface area contributed by atoms with Crippen LogP contribution >= 0.6 is 0 Å². The fourth-order valence-corrected chi connectivity index (χ4v) is 0.531. The minimum absolute atomic E-state index is 0.583. The van der Waals surface area contributed by atoms with Gasteiger partial charge in [0, 0.05) is 13.2 Å². The van der Waals surface area contributed by atoms with E-state index in [0.29, 0.717) is 0 Å². The van der Waals surface area contributed by atoms with Crippen LogP contribution in [-0.4, -0.2) is 20.9 Å². The van der Waals surface area contributed by atoms with Crippen molar-refractivity contribution in [2.75, 3.05) is 0 Å². The van der Waals surface area contributed by atoms with Crippen LogP contribution in [0.4, 0.5) is 0 Å². The zero-order chi connectivity index (χ0) is 11.4. The predicted molar refractivity (Wildman–Crippen MR) is 55.0 cm³/mol. The standard InChI is InChI=1S/C5H8N2.C5H10O2/c1-5-3-4-7(2)6-5;1-5(2,3)4(6)7/h3-4H,1-2H3;1-3H3,(H,6,7). The molecule has 0 aromatic carbocycles. The summed E-state index contributed by atoms with van der Waals surface area (Å²) in [6, 6.07) is 1.97. The monoisotopic (exact) mass is 198 g/mol. The third-order valence-corrected chi connectivity index (χ3v) is 1.49. The second kappa shape index (κ2) is 4.79. The Hall–Kier alpha value is -1.32. The molecule has 0 aliphatic rings. The predicted octanol–water partition coefficient (Wildman–Crippen LogP) is 1.85. The van der Waals surface area contributed by atoms with Gasteiger partial charge in [-0.3, -0.25) is 9.48 Å². The van der Waals surface area contributed by atoms with Crippen molar-refractivity contribution in [2.45, 2.75) is 27.7 Å². The molecule has 0 atom stereocenters. The summed E-state index contributed by atoms with van der Waals surface area (Å²) in [5, 5.41) is 12.3. The van der Waals surface area contributed by atoms with Gasteiger partial charge in [0.25, 0.3) is 0 Å². The molecular formula is C10H18N2O2. The molecule has 0 bridgehead atoms. The number of hydrogen-bond donors (Lipinski definition) is 1. The van der Waals surface area contributed by atoms with Gasteiger partial charge in [-0.25, -0.2) is 0 Å². The third-order valence-electron chi connectivity index (χ3n) is 1.49. The lowest BCUT2D eigenvalue weighted by molar-refractivity contribution is -0.145. The van der Waals surface area contributed by atoms with E-state index >= 15 is 0 Å². The summed E-state index contributed by atoms with van der Waals surface area (Å²) in [4.78, 5) is 10.0. The van der Waals surface area contributed by atoms with E-state index in [1.54, 1.807) is 25.5 Å². The Morgan fingerprint density at radius 2 is 1.93 bits per heavy atom. The van der Waals surface area contributed by atoms with Gasteiger partial charge in [-0.2, -0.15) is 5.10 Å². The van der Waals surface area contributed by atoms with E-state index in [9.17, 15) is 4.79 Å². The molecule has 0 saturated heterocycles. The lowest BCUT2D eigenvalue weighted by atomic mass is 9.98. The highest BCUT2D eigenvalue weighted by Gasteiger charge is 2.18. The fourth-order valence-electron chi connectivity index (χ4n) is 0.531. The molecule has 14 heavy (non-hydrogen) atoms. The lowest BCUT2D eigenvalue weighted by Crippen LogP contribution is -2.18. The number of carbonyl (C=O) groups is 1. The first kappa shape index (κ1) is 12.7. The maximum atomic E-state index is 10.0. The number of carboxylic acid groups (broad SMARTS) is 1. The normalized spacial score (nSPS) is 10.4. The summed E-state index contributed by atoms with van der Waals surface area (Å²) in [6.45, 7) is 6.96. The Morgan fingerprint density at radius 3 is 2.00 bits per heavy atom. The molecule has 1 aromatic rings. The van der Waals surface area contributed by atoms with E-state index in [0.717, 1.165) is 5.69 Å². The summed E-state index contributed by atoms with van der Waals surface area (Å²) < 4.78 is 1.79. The molecule has 1 rings (SSSR count). The lowest BCUT2D eigenvalue weighted by Gasteiger charge is -2.08. The van der Waals surface area contributed by atoms with Gasteiger partial charge in [-0.1, -0.05) is 0 Å². The molecule has 4 nitrogen and oxygen atoms in total. The molecule has 1 N–H and O–H groups in total. The number of rotatable bonds is 0. The van der Waals surface area contributed by atoms with Crippen molar-refractivity contribution >= 4 is 5.97 Å². The Morgan fingerprint density at radius 1 is 1.50 bits per heavy atom. The first-order chi connectivity index (χ1) is 6.23. The van der Waals surface area contributed by atoms with Gasteiger partial charge in [-0.15, -0.1) is 0 Å². The third kappa shape index (κ3) is 5.35. The van der Waals surface area contributed by atoms with E-state index in [1.807, 2.05) is 26.2 Å². The highest BCUT2D eigenvalue weighted by Crippen LogP contribution is 2.11. The van der Waals surface area contributed by atoms with Gasteiger partial charge in [0.1, 0.15) is 0 Å². The maximum Gasteiger partial charge on any atom is 0.308 e. The van der Waals surface area contributed by atoms with Gasteiger partial charge in [0.15, 0.2) is 0 Å². The highest BCUT2D eigenvalue weighted by molar-refractivity contribution is 5.72. The molecule has 1 aromatic heterocycles. The largest absolute Gasteiger partial charge is 0.481 e. The van der Waals surface area contributed by atoms with Gasteiger partial charge < -0.3 is 5.11 Å². The molecule has 1 heterocycles.